The molecule has 2 aromatic heterocycles. The lowest BCUT2D eigenvalue weighted by atomic mass is 9.92. The van der Waals surface area contributed by atoms with Crippen LogP contribution in [0.2, 0.25) is 0 Å². The molecule has 0 bridgehead atoms. The van der Waals surface area contributed by atoms with Gasteiger partial charge in [0.1, 0.15) is 17.5 Å². The van der Waals surface area contributed by atoms with Crippen LogP contribution in [0.25, 0.3) is 0 Å². The van der Waals surface area contributed by atoms with Gasteiger partial charge in [-0.3, -0.25) is 14.8 Å². The van der Waals surface area contributed by atoms with Crippen LogP contribution in [0, 0.1) is 6.92 Å². The molecule has 0 radical (unpaired) electrons. The number of thioether (sulfide) groups is 1. The van der Waals surface area contributed by atoms with Crippen LogP contribution in [0.5, 0.6) is 5.75 Å². The summed E-state index contributed by atoms with van der Waals surface area (Å²) in [5, 5.41) is 0. The van der Waals surface area contributed by atoms with Gasteiger partial charge < -0.3 is 9.64 Å². The van der Waals surface area contributed by atoms with Gasteiger partial charge >= 0.3 is 0 Å². The van der Waals surface area contributed by atoms with Crippen LogP contribution >= 0.6 is 11.8 Å². The molecule has 24 heavy (non-hydrogen) atoms. The first-order valence-corrected chi connectivity index (χ1v) is 9.05. The Morgan fingerprint density at radius 2 is 2.25 bits per heavy atom. The van der Waals surface area contributed by atoms with Crippen molar-refractivity contribution in [2.75, 3.05) is 18.8 Å². The second-order valence-electron chi connectivity index (χ2n) is 6.51. The van der Waals surface area contributed by atoms with Crippen molar-refractivity contribution in [1.82, 2.24) is 14.9 Å². The Morgan fingerprint density at radius 3 is 3.00 bits per heavy atom. The van der Waals surface area contributed by atoms with Crippen LogP contribution < -0.4 is 4.74 Å². The third kappa shape index (κ3) is 2.98. The van der Waals surface area contributed by atoms with E-state index >= 15 is 0 Å². The summed E-state index contributed by atoms with van der Waals surface area (Å²) in [5.74, 6) is 1.80. The molecule has 0 saturated carbocycles. The summed E-state index contributed by atoms with van der Waals surface area (Å²) in [6, 6.07) is 7.57. The van der Waals surface area contributed by atoms with Gasteiger partial charge in [0.2, 0.25) is 0 Å². The number of rotatable bonds is 3. The van der Waals surface area contributed by atoms with E-state index in [0.29, 0.717) is 5.69 Å². The Labute approximate surface area is 145 Å². The number of carbonyl (C=O) groups excluding carboxylic acids is 1. The van der Waals surface area contributed by atoms with E-state index in [-0.39, 0.29) is 16.8 Å². The van der Waals surface area contributed by atoms with Crippen LogP contribution in [-0.4, -0.2) is 50.5 Å². The van der Waals surface area contributed by atoms with Crippen LogP contribution in [0.4, 0.5) is 0 Å². The first kappa shape index (κ1) is 15.4. The number of nitrogens with zero attached hydrogens (tertiary/aromatic N) is 3. The van der Waals surface area contributed by atoms with Crippen molar-refractivity contribution in [3.05, 3.63) is 54.1 Å². The quantitative estimate of drug-likeness (QED) is 0.859. The van der Waals surface area contributed by atoms with E-state index < -0.39 is 0 Å². The molecule has 0 unspecified atom stereocenters. The number of carbonyl (C=O) groups is 1. The molecule has 124 valence electrons. The number of ether oxygens (including phenoxy) is 1. The van der Waals surface area contributed by atoms with E-state index in [0.717, 1.165) is 36.6 Å². The number of hydrogen-bond acceptors (Lipinski definition) is 5. The summed E-state index contributed by atoms with van der Waals surface area (Å²) in [6.45, 7) is 3.53. The second-order valence-corrected chi connectivity index (χ2v) is 7.99. The zero-order valence-corrected chi connectivity index (χ0v) is 14.3. The molecule has 1 amide bonds. The normalized spacial score (nSPS) is 21.5. The average Bonchev–Trinajstić information content (AvgIpc) is 2.98. The highest BCUT2D eigenvalue weighted by Gasteiger charge is 2.51. The Kier molecular flexibility index (Phi) is 3.92. The maximum Gasteiger partial charge on any atom is 0.272 e. The molecule has 6 heteroatoms. The number of likely N-dealkylation sites (tertiary alicyclic amines) is 1. The van der Waals surface area contributed by atoms with Gasteiger partial charge in [-0.15, -0.1) is 11.8 Å². The Morgan fingerprint density at radius 1 is 1.38 bits per heavy atom. The van der Waals surface area contributed by atoms with E-state index in [2.05, 4.69) is 9.97 Å². The van der Waals surface area contributed by atoms with Crippen molar-refractivity contribution in [2.45, 2.75) is 24.2 Å². The number of hydrogen-bond donors (Lipinski definition) is 0. The Balaban J connectivity index is 1.34. The average molecular weight is 341 g/mol. The van der Waals surface area contributed by atoms with E-state index in [1.165, 1.54) is 0 Å². The minimum Gasteiger partial charge on any atom is -0.488 e. The summed E-state index contributed by atoms with van der Waals surface area (Å²) < 4.78 is 6.15. The molecular weight excluding hydrogens is 322 g/mol. The molecule has 4 heterocycles. The molecular formula is C18H19N3O2S. The van der Waals surface area contributed by atoms with Crippen molar-refractivity contribution in [1.29, 1.82) is 0 Å². The fraction of sp³-hybridized carbons (Fsp3) is 0.389. The van der Waals surface area contributed by atoms with Gasteiger partial charge in [-0.25, -0.2) is 0 Å². The molecule has 2 aromatic rings. The molecule has 2 fully saturated rings. The number of amides is 1. The molecule has 4 rings (SSSR count). The summed E-state index contributed by atoms with van der Waals surface area (Å²) in [4.78, 5) is 22.7. The Hall–Kier alpha value is -2.08. The van der Waals surface area contributed by atoms with Crippen LogP contribution in [0.15, 0.2) is 42.9 Å². The summed E-state index contributed by atoms with van der Waals surface area (Å²) in [5.41, 5.74) is 1.60. The van der Waals surface area contributed by atoms with Crippen molar-refractivity contribution < 1.29 is 9.53 Å². The fourth-order valence-electron chi connectivity index (χ4n) is 3.32. The van der Waals surface area contributed by atoms with Crippen LogP contribution in [0.3, 0.4) is 0 Å². The maximum atomic E-state index is 12.5. The smallest absolute Gasteiger partial charge is 0.272 e. The van der Waals surface area contributed by atoms with Gasteiger partial charge in [-0.2, -0.15) is 0 Å². The van der Waals surface area contributed by atoms with Gasteiger partial charge in [0.15, 0.2) is 0 Å². The largest absolute Gasteiger partial charge is 0.488 e. The molecule has 0 N–H and O–H groups in total. The number of aryl methyl sites for hydroxylation is 1. The SMILES string of the molecule is Cc1ccnc(C(=O)N2CC3(C[C@H](Oc4cccnc4)CS3)C2)c1. The first-order chi connectivity index (χ1) is 11.6. The van der Waals surface area contributed by atoms with Crippen molar-refractivity contribution in [3.8, 4) is 5.75 Å². The van der Waals surface area contributed by atoms with Crippen LogP contribution in [0.1, 0.15) is 22.5 Å². The Bertz CT molecular complexity index is 747. The highest BCUT2D eigenvalue weighted by Crippen LogP contribution is 2.46. The third-order valence-electron chi connectivity index (χ3n) is 4.49. The topological polar surface area (TPSA) is 55.3 Å². The van der Waals surface area contributed by atoms with Gasteiger partial charge in [0, 0.05) is 37.7 Å². The predicted octanol–water partition coefficient (Wildman–Crippen LogP) is 2.56. The van der Waals surface area contributed by atoms with E-state index in [1.807, 2.05) is 47.9 Å². The predicted molar refractivity (Wildman–Crippen MR) is 93.3 cm³/mol. The minimum atomic E-state index is 0.0292. The number of aromatic nitrogens is 2. The van der Waals surface area contributed by atoms with Gasteiger partial charge in [-0.05, 0) is 36.8 Å². The summed E-state index contributed by atoms with van der Waals surface area (Å²) >= 11 is 1.92. The van der Waals surface area contributed by atoms with Crippen molar-refractivity contribution in [2.24, 2.45) is 0 Å². The van der Waals surface area contributed by atoms with Crippen molar-refractivity contribution >= 4 is 17.7 Å². The van der Waals surface area contributed by atoms with Crippen molar-refractivity contribution in [3.63, 3.8) is 0 Å². The van der Waals surface area contributed by atoms with E-state index in [9.17, 15) is 4.79 Å². The summed E-state index contributed by atoms with van der Waals surface area (Å²) in [7, 11) is 0. The zero-order chi connectivity index (χ0) is 16.6. The van der Waals surface area contributed by atoms with E-state index in [1.54, 1.807) is 18.6 Å². The lowest BCUT2D eigenvalue weighted by Gasteiger charge is -2.47. The molecule has 1 spiro atoms. The lowest BCUT2D eigenvalue weighted by molar-refractivity contribution is 0.0512. The monoisotopic (exact) mass is 341 g/mol. The molecule has 0 aromatic carbocycles. The van der Waals surface area contributed by atoms with Gasteiger partial charge in [-0.1, -0.05) is 0 Å². The van der Waals surface area contributed by atoms with E-state index in [4.69, 9.17) is 4.74 Å². The molecule has 0 aliphatic carbocycles. The first-order valence-electron chi connectivity index (χ1n) is 8.06. The molecule has 2 saturated heterocycles. The zero-order valence-electron chi connectivity index (χ0n) is 13.5. The minimum absolute atomic E-state index is 0.0292. The third-order valence-corrected chi connectivity index (χ3v) is 6.07. The summed E-state index contributed by atoms with van der Waals surface area (Å²) in [6.07, 6.45) is 6.34. The molecule has 5 nitrogen and oxygen atoms in total. The lowest BCUT2D eigenvalue weighted by Crippen LogP contribution is -2.61. The highest BCUT2D eigenvalue weighted by atomic mass is 32.2. The van der Waals surface area contributed by atoms with Gasteiger partial charge in [0.25, 0.3) is 5.91 Å². The molecule has 1 atom stereocenters. The van der Waals surface area contributed by atoms with Crippen LogP contribution in [-0.2, 0) is 0 Å². The molecule has 2 aliphatic heterocycles. The maximum absolute atomic E-state index is 12.5. The highest BCUT2D eigenvalue weighted by molar-refractivity contribution is 8.01. The molecule has 2 aliphatic rings. The fourth-order valence-corrected chi connectivity index (χ4v) is 4.84. The second kappa shape index (κ2) is 6.09. The van der Waals surface area contributed by atoms with Gasteiger partial charge in [0.05, 0.1) is 10.9 Å². The standard InChI is InChI=1S/C18H19N3O2S/c1-13-4-6-20-16(7-13)17(22)21-11-18(12-21)8-15(10-24-18)23-14-3-2-5-19-9-14/h2-7,9,15H,8,10-12H2,1H3/t15-/m0/s1. The number of pyridine rings is 2.